The molecule has 0 aromatic rings. The molecule has 2 aliphatic heterocycles. The average Bonchev–Trinajstić information content (AvgIpc) is 2.61. The standard InChI is InChI=1S/C8H11NO4S/c1-2-13-7-3-6-8(14(10,11)12)4-5(7)9-6/h3-6,9H,2H2,1H3,(H,10,11,12). The molecule has 0 radical (unpaired) electrons. The molecule has 2 heterocycles. The number of fused-ring (bicyclic) bond motifs is 2. The Morgan fingerprint density at radius 2 is 2.21 bits per heavy atom. The van der Waals surface area contributed by atoms with Crippen LogP contribution < -0.4 is 5.32 Å². The van der Waals surface area contributed by atoms with Crippen LogP contribution >= 0.6 is 0 Å². The van der Waals surface area contributed by atoms with Gasteiger partial charge in [-0.25, -0.2) is 0 Å². The second-order valence-electron chi connectivity index (χ2n) is 3.17. The highest BCUT2D eigenvalue weighted by Gasteiger charge is 2.39. The summed E-state index contributed by atoms with van der Waals surface area (Å²) < 4.78 is 35.9. The molecule has 0 saturated heterocycles. The molecule has 0 amide bonds. The van der Waals surface area contributed by atoms with E-state index in [0.717, 1.165) is 5.76 Å². The average molecular weight is 217 g/mol. The molecule has 0 fully saturated rings. The first-order chi connectivity index (χ1) is 6.52. The van der Waals surface area contributed by atoms with Crippen molar-refractivity contribution < 1.29 is 17.7 Å². The molecular formula is C8H11NO4S. The van der Waals surface area contributed by atoms with Crippen LogP contribution in [-0.4, -0.2) is 31.7 Å². The summed E-state index contributed by atoms with van der Waals surface area (Å²) in [5, 5.41) is 2.97. The van der Waals surface area contributed by atoms with Crippen molar-refractivity contribution in [2.24, 2.45) is 0 Å². The molecule has 14 heavy (non-hydrogen) atoms. The van der Waals surface area contributed by atoms with E-state index in [0.29, 0.717) is 6.61 Å². The first-order valence-corrected chi connectivity index (χ1v) is 5.76. The van der Waals surface area contributed by atoms with Gasteiger partial charge >= 0.3 is 0 Å². The van der Waals surface area contributed by atoms with Gasteiger partial charge in [-0.3, -0.25) is 9.87 Å². The van der Waals surface area contributed by atoms with Crippen molar-refractivity contribution in [2.45, 2.75) is 19.0 Å². The van der Waals surface area contributed by atoms with Crippen molar-refractivity contribution in [3.63, 3.8) is 0 Å². The maximum absolute atomic E-state index is 10.9. The summed E-state index contributed by atoms with van der Waals surface area (Å²) in [5.41, 5.74) is 0. The lowest BCUT2D eigenvalue weighted by Gasteiger charge is -2.10. The van der Waals surface area contributed by atoms with Gasteiger partial charge in [0.2, 0.25) is 0 Å². The molecule has 2 bridgehead atoms. The minimum atomic E-state index is -4.07. The van der Waals surface area contributed by atoms with Gasteiger partial charge in [0.1, 0.15) is 5.76 Å². The molecule has 0 spiro atoms. The lowest BCUT2D eigenvalue weighted by Crippen LogP contribution is -2.25. The third kappa shape index (κ3) is 1.45. The molecular weight excluding hydrogens is 206 g/mol. The van der Waals surface area contributed by atoms with Crippen LogP contribution in [-0.2, 0) is 14.9 Å². The number of nitrogens with one attached hydrogen (secondary N) is 1. The maximum atomic E-state index is 10.9. The van der Waals surface area contributed by atoms with Crippen LogP contribution in [0.25, 0.3) is 0 Å². The van der Waals surface area contributed by atoms with Gasteiger partial charge in [-0.15, -0.1) is 0 Å². The third-order valence-electron chi connectivity index (χ3n) is 2.24. The fraction of sp³-hybridized carbons (Fsp3) is 0.500. The highest BCUT2D eigenvalue weighted by atomic mass is 32.2. The minimum Gasteiger partial charge on any atom is -0.496 e. The summed E-state index contributed by atoms with van der Waals surface area (Å²) in [6.45, 7) is 2.41. The second-order valence-corrected chi connectivity index (χ2v) is 4.59. The van der Waals surface area contributed by atoms with Crippen LogP contribution in [0.4, 0.5) is 0 Å². The van der Waals surface area contributed by atoms with E-state index < -0.39 is 16.2 Å². The van der Waals surface area contributed by atoms with Gasteiger partial charge in [0, 0.05) is 0 Å². The van der Waals surface area contributed by atoms with Gasteiger partial charge < -0.3 is 4.74 Å². The molecule has 2 N–H and O–H groups in total. The molecule has 6 heteroatoms. The minimum absolute atomic E-state index is 0.0194. The van der Waals surface area contributed by atoms with Crippen LogP contribution in [0.3, 0.4) is 0 Å². The highest BCUT2D eigenvalue weighted by molar-refractivity contribution is 7.89. The molecule has 0 aromatic carbocycles. The van der Waals surface area contributed by atoms with Gasteiger partial charge in [-0.05, 0) is 19.1 Å². The molecule has 0 aliphatic carbocycles. The fourth-order valence-electron chi connectivity index (χ4n) is 1.71. The Morgan fingerprint density at radius 3 is 2.64 bits per heavy atom. The van der Waals surface area contributed by atoms with Gasteiger partial charge in [0.25, 0.3) is 10.1 Å². The van der Waals surface area contributed by atoms with E-state index in [-0.39, 0.29) is 10.9 Å². The predicted octanol–water partition coefficient (Wildman–Crippen LogP) is 0.0325. The second kappa shape index (κ2) is 3.08. The zero-order valence-electron chi connectivity index (χ0n) is 7.60. The van der Waals surface area contributed by atoms with E-state index in [1.54, 1.807) is 6.08 Å². The summed E-state index contributed by atoms with van der Waals surface area (Å²) in [5.74, 6) is 0.727. The zero-order valence-corrected chi connectivity index (χ0v) is 8.41. The summed E-state index contributed by atoms with van der Waals surface area (Å²) in [7, 11) is -4.07. The number of rotatable bonds is 3. The topological polar surface area (TPSA) is 75.6 Å². The Labute approximate surface area is 82.2 Å². The first kappa shape index (κ1) is 9.70. The fourth-order valence-corrected chi connectivity index (χ4v) is 2.47. The van der Waals surface area contributed by atoms with Crippen LogP contribution in [0.2, 0.25) is 0 Å². The van der Waals surface area contributed by atoms with Crippen molar-refractivity contribution in [3.05, 3.63) is 22.8 Å². The largest absolute Gasteiger partial charge is 0.496 e. The van der Waals surface area contributed by atoms with E-state index in [4.69, 9.17) is 9.29 Å². The summed E-state index contributed by atoms with van der Waals surface area (Å²) in [6.07, 6.45) is 3.16. The van der Waals surface area contributed by atoms with E-state index in [1.165, 1.54) is 6.08 Å². The van der Waals surface area contributed by atoms with Crippen molar-refractivity contribution in [1.82, 2.24) is 5.32 Å². The number of hydrogen-bond acceptors (Lipinski definition) is 4. The maximum Gasteiger partial charge on any atom is 0.292 e. The van der Waals surface area contributed by atoms with Crippen molar-refractivity contribution >= 4 is 10.1 Å². The number of ether oxygens (including phenoxy) is 1. The summed E-state index contributed by atoms with van der Waals surface area (Å²) in [6, 6.07) is -0.645. The molecule has 0 saturated carbocycles. The predicted molar refractivity (Wildman–Crippen MR) is 50.1 cm³/mol. The first-order valence-electron chi connectivity index (χ1n) is 4.32. The van der Waals surface area contributed by atoms with E-state index >= 15 is 0 Å². The molecule has 2 atom stereocenters. The van der Waals surface area contributed by atoms with Crippen LogP contribution in [0.15, 0.2) is 22.8 Å². The van der Waals surface area contributed by atoms with Crippen LogP contribution in [0.1, 0.15) is 6.92 Å². The molecule has 2 rings (SSSR count). The SMILES string of the molecule is CCOC1=CC2NC1C=C2S(=O)(=O)O. The van der Waals surface area contributed by atoms with Gasteiger partial charge in [0.15, 0.2) is 0 Å². The Morgan fingerprint density at radius 1 is 1.50 bits per heavy atom. The Kier molecular flexibility index (Phi) is 2.13. The van der Waals surface area contributed by atoms with Crippen molar-refractivity contribution in [1.29, 1.82) is 0 Å². The highest BCUT2D eigenvalue weighted by Crippen LogP contribution is 2.30. The molecule has 2 unspecified atom stereocenters. The number of hydrogen-bond donors (Lipinski definition) is 2. The van der Waals surface area contributed by atoms with E-state index in [2.05, 4.69) is 5.32 Å². The normalized spacial score (nSPS) is 30.1. The van der Waals surface area contributed by atoms with Gasteiger partial charge in [0.05, 0.1) is 23.6 Å². The molecule has 5 nitrogen and oxygen atoms in total. The van der Waals surface area contributed by atoms with Crippen LogP contribution in [0.5, 0.6) is 0 Å². The third-order valence-corrected chi connectivity index (χ3v) is 3.23. The zero-order chi connectivity index (χ0) is 10.3. The summed E-state index contributed by atoms with van der Waals surface area (Å²) >= 11 is 0. The van der Waals surface area contributed by atoms with Crippen molar-refractivity contribution in [2.75, 3.05) is 6.61 Å². The summed E-state index contributed by atoms with van der Waals surface area (Å²) in [4.78, 5) is 0.0194. The smallest absolute Gasteiger partial charge is 0.292 e. The van der Waals surface area contributed by atoms with E-state index in [1.807, 2.05) is 6.92 Å². The van der Waals surface area contributed by atoms with E-state index in [9.17, 15) is 8.42 Å². The monoisotopic (exact) mass is 217 g/mol. The van der Waals surface area contributed by atoms with Crippen LogP contribution in [0, 0.1) is 0 Å². The Hall–Kier alpha value is -0.850. The van der Waals surface area contributed by atoms with Gasteiger partial charge in [-0.1, -0.05) is 0 Å². The quantitative estimate of drug-likeness (QED) is 0.652. The van der Waals surface area contributed by atoms with Crippen molar-refractivity contribution in [3.8, 4) is 0 Å². The Balaban J connectivity index is 2.21. The molecule has 78 valence electrons. The lowest BCUT2D eigenvalue weighted by atomic mass is 10.2. The molecule has 2 aliphatic rings. The lowest BCUT2D eigenvalue weighted by molar-refractivity contribution is 0.217. The Bertz CT molecular complexity index is 409. The molecule has 0 aromatic heterocycles. The van der Waals surface area contributed by atoms with Gasteiger partial charge in [-0.2, -0.15) is 8.42 Å².